The van der Waals surface area contributed by atoms with Crippen molar-refractivity contribution in [2.45, 2.75) is 25.8 Å². The highest BCUT2D eigenvalue weighted by molar-refractivity contribution is 5.84. The van der Waals surface area contributed by atoms with E-state index in [4.69, 9.17) is 4.74 Å². The molecule has 2 rings (SSSR count). The third-order valence-corrected chi connectivity index (χ3v) is 3.62. The van der Waals surface area contributed by atoms with Gasteiger partial charge in [-0.25, -0.2) is 4.79 Å². The molecule has 0 fully saturated rings. The second-order valence-corrected chi connectivity index (χ2v) is 5.27. The van der Waals surface area contributed by atoms with Crippen LogP contribution in [0.4, 0.5) is 0 Å². The van der Waals surface area contributed by atoms with Crippen molar-refractivity contribution < 1.29 is 14.3 Å². The Kier molecular flexibility index (Phi) is 5.92. The molecule has 2 aromatic carbocycles. The van der Waals surface area contributed by atoms with E-state index in [0.29, 0.717) is 12.8 Å². The normalized spacial score (nSPS) is 11.6. The summed E-state index contributed by atoms with van der Waals surface area (Å²) in [7, 11) is 1.33. The van der Waals surface area contributed by atoms with Crippen LogP contribution in [0.15, 0.2) is 54.6 Å². The molecule has 0 saturated carbocycles. The Morgan fingerprint density at radius 3 is 2.39 bits per heavy atom. The second-order valence-electron chi connectivity index (χ2n) is 5.27. The first-order valence-corrected chi connectivity index (χ1v) is 7.65. The number of hydrogen-bond acceptors (Lipinski definition) is 3. The Labute approximate surface area is 136 Å². The summed E-state index contributed by atoms with van der Waals surface area (Å²) in [6, 6.07) is 17.3. The maximum absolute atomic E-state index is 11.9. The van der Waals surface area contributed by atoms with Crippen molar-refractivity contribution in [3.63, 3.8) is 0 Å². The Hall–Kier alpha value is -2.62. The number of esters is 1. The number of ether oxygens (including phenoxy) is 1. The molecule has 23 heavy (non-hydrogen) atoms. The number of benzene rings is 2. The Morgan fingerprint density at radius 2 is 1.74 bits per heavy atom. The zero-order chi connectivity index (χ0) is 16.7. The first-order valence-electron chi connectivity index (χ1n) is 7.65. The fourth-order valence-corrected chi connectivity index (χ4v) is 2.38. The van der Waals surface area contributed by atoms with E-state index < -0.39 is 12.0 Å². The molecule has 1 atom stereocenters. The number of carbonyl (C=O) groups excluding carboxylic acids is 2. The van der Waals surface area contributed by atoms with Crippen molar-refractivity contribution in [1.82, 2.24) is 5.32 Å². The van der Waals surface area contributed by atoms with Crippen molar-refractivity contribution >= 4 is 11.9 Å². The molecule has 0 aliphatic heterocycles. The number of nitrogens with one attached hydrogen (secondary N) is 1. The fourth-order valence-electron chi connectivity index (χ4n) is 2.38. The molecule has 120 valence electrons. The number of hydrogen-bond donors (Lipinski definition) is 1. The van der Waals surface area contributed by atoms with Crippen LogP contribution >= 0.6 is 0 Å². The lowest BCUT2D eigenvalue weighted by Crippen LogP contribution is -2.42. The lowest BCUT2D eigenvalue weighted by Gasteiger charge is -2.16. The Morgan fingerprint density at radius 1 is 1.04 bits per heavy atom. The highest BCUT2D eigenvalue weighted by Gasteiger charge is 2.21. The molecule has 0 bridgehead atoms. The average molecular weight is 311 g/mol. The van der Waals surface area contributed by atoms with Crippen LogP contribution in [0, 0.1) is 0 Å². The van der Waals surface area contributed by atoms with E-state index in [1.165, 1.54) is 7.11 Å². The number of methoxy groups -OCH3 is 1. The van der Waals surface area contributed by atoms with Gasteiger partial charge in [-0.3, -0.25) is 4.79 Å². The Balaban J connectivity index is 2.20. The zero-order valence-electron chi connectivity index (χ0n) is 13.4. The SMILES string of the molecule is CCC(=O)N[C@@H](Cc1cccc(-c2ccccc2)c1)C(=O)OC. The van der Waals surface area contributed by atoms with Crippen LogP contribution in [0.5, 0.6) is 0 Å². The first kappa shape index (κ1) is 16.7. The number of amides is 1. The van der Waals surface area contributed by atoms with E-state index in [-0.39, 0.29) is 5.91 Å². The molecule has 0 heterocycles. The van der Waals surface area contributed by atoms with Crippen molar-refractivity contribution in [2.75, 3.05) is 7.11 Å². The minimum absolute atomic E-state index is 0.167. The zero-order valence-corrected chi connectivity index (χ0v) is 13.4. The van der Waals surface area contributed by atoms with Crippen LogP contribution < -0.4 is 5.32 Å². The van der Waals surface area contributed by atoms with Crippen LogP contribution in [0.2, 0.25) is 0 Å². The summed E-state index contributed by atoms with van der Waals surface area (Å²) in [5, 5.41) is 2.71. The summed E-state index contributed by atoms with van der Waals surface area (Å²) in [5.41, 5.74) is 3.16. The van der Waals surface area contributed by atoms with Gasteiger partial charge in [0.2, 0.25) is 5.91 Å². The first-order chi connectivity index (χ1) is 11.1. The van der Waals surface area contributed by atoms with Gasteiger partial charge in [-0.2, -0.15) is 0 Å². The van der Waals surface area contributed by atoms with Gasteiger partial charge in [0.1, 0.15) is 6.04 Å². The van der Waals surface area contributed by atoms with Gasteiger partial charge in [0, 0.05) is 12.8 Å². The van der Waals surface area contributed by atoms with Crippen molar-refractivity contribution in [3.05, 3.63) is 60.2 Å². The monoisotopic (exact) mass is 311 g/mol. The lowest BCUT2D eigenvalue weighted by molar-refractivity contribution is -0.145. The van der Waals surface area contributed by atoms with E-state index >= 15 is 0 Å². The van der Waals surface area contributed by atoms with Crippen LogP contribution in [-0.2, 0) is 20.7 Å². The second kappa shape index (κ2) is 8.13. The minimum atomic E-state index is -0.668. The smallest absolute Gasteiger partial charge is 0.328 e. The molecule has 0 radical (unpaired) electrons. The van der Waals surface area contributed by atoms with Crippen LogP contribution in [0.25, 0.3) is 11.1 Å². The van der Waals surface area contributed by atoms with E-state index in [2.05, 4.69) is 5.32 Å². The van der Waals surface area contributed by atoms with Gasteiger partial charge in [-0.15, -0.1) is 0 Å². The molecule has 1 N–H and O–H groups in total. The highest BCUT2D eigenvalue weighted by Crippen LogP contribution is 2.20. The summed E-state index contributed by atoms with van der Waals surface area (Å²) < 4.78 is 4.79. The molecule has 4 heteroatoms. The van der Waals surface area contributed by atoms with Crippen molar-refractivity contribution in [1.29, 1.82) is 0 Å². The predicted octanol–water partition coefficient (Wildman–Crippen LogP) is 2.96. The van der Waals surface area contributed by atoms with E-state index in [0.717, 1.165) is 16.7 Å². The molecule has 4 nitrogen and oxygen atoms in total. The summed E-state index contributed by atoms with van der Waals surface area (Å²) in [6.07, 6.45) is 0.733. The summed E-state index contributed by atoms with van der Waals surface area (Å²) in [4.78, 5) is 23.5. The van der Waals surface area contributed by atoms with Gasteiger partial charge in [-0.05, 0) is 16.7 Å². The number of rotatable bonds is 6. The number of carbonyl (C=O) groups is 2. The van der Waals surface area contributed by atoms with Crippen LogP contribution in [0.3, 0.4) is 0 Å². The third kappa shape index (κ3) is 4.68. The molecule has 1 amide bonds. The van der Waals surface area contributed by atoms with Gasteiger partial charge in [-0.1, -0.05) is 61.5 Å². The van der Waals surface area contributed by atoms with Crippen LogP contribution in [-0.4, -0.2) is 25.0 Å². The van der Waals surface area contributed by atoms with Crippen LogP contribution in [0.1, 0.15) is 18.9 Å². The van der Waals surface area contributed by atoms with Gasteiger partial charge in [0.15, 0.2) is 0 Å². The molecule has 0 spiro atoms. The highest BCUT2D eigenvalue weighted by atomic mass is 16.5. The average Bonchev–Trinajstić information content (AvgIpc) is 2.61. The lowest BCUT2D eigenvalue weighted by atomic mass is 9.99. The minimum Gasteiger partial charge on any atom is -0.467 e. The molecule has 0 aliphatic carbocycles. The summed E-state index contributed by atoms with van der Waals surface area (Å²) in [5.74, 6) is -0.600. The predicted molar refractivity (Wildman–Crippen MR) is 89.8 cm³/mol. The molecule has 0 unspecified atom stereocenters. The third-order valence-electron chi connectivity index (χ3n) is 3.62. The van der Waals surface area contributed by atoms with Gasteiger partial charge < -0.3 is 10.1 Å². The quantitative estimate of drug-likeness (QED) is 0.835. The standard InChI is InChI=1S/C19H21NO3/c1-3-18(21)20-17(19(22)23-2)13-14-8-7-11-16(12-14)15-9-5-4-6-10-15/h4-12,17H,3,13H2,1-2H3,(H,20,21)/t17-/m0/s1. The largest absolute Gasteiger partial charge is 0.467 e. The maximum Gasteiger partial charge on any atom is 0.328 e. The summed E-state index contributed by atoms with van der Waals surface area (Å²) >= 11 is 0. The Bertz CT molecular complexity index is 667. The van der Waals surface area contributed by atoms with Gasteiger partial charge >= 0.3 is 5.97 Å². The van der Waals surface area contributed by atoms with E-state index in [1.54, 1.807) is 6.92 Å². The van der Waals surface area contributed by atoms with Gasteiger partial charge in [0.25, 0.3) is 0 Å². The molecule has 0 aliphatic rings. The molecule has 2 aromatic rings. The molecular formula is C19H21NO3. The fraction of sp³-hybridized carbons (Fsp3) is 0.263. The van der Waals surface area contributed by atoms with Crippen molar-refractivity contribution in [3.8, 4) is 11.1 Å². The maximum atomic E-state index is 11.9. The topological polar surface area (TPSA) is 55.4 Å². The molecular weight excluding hydrogens is 290 g/mol. The molecule has 0 aromatic heterocycles. The molecule has 0 saturated heterocycles. The van der Waals surface area contributed by atoms with Gasteiger partial charge in [0.05, 0.1) is 7.11 Å². The summed E-state index contributed by atoms with van der Waals surface area (Å²) in [6.45, 7) is 1.75. The van der Waals surface area contributed by atoms with Crippen molar-refractivity contribution in [2.24, 2.45) is 0 Å². The van der Waals surface area contributed by atoms with E-state index in [1.807, 2.05) is 54.6 Å². The van der Waals surface area contributed by atoms with E-state index in [9.17, 15) is 9.59 Å².